The Hall–Kier alpha value is -1.85. The molecule has 0 spiro atoms. The van der Waals surface area contributed by atoms with E-state index >= 15 is 0 Å². The highest BCUT2D eigenvalue weighted by molar-refractivity contribution is 5.70. The van der Waals surface area contributed by atoms with Gasteiger partial charge >= 0.3 is 5.97 Å². The van der Waals surface area contributed by atoms with Crippen molar-refractivity contribution in [2.24, 2.45) is 5.92 Å². The number of hydrogen-bond acceptors (Lipinski definition) is 4. The lowest BCUT2D eigenvalue weighted by Gasteiger charge is -2.13. The predicted octanol–water partition coefficient (Wildman–Crippen LogP) is 1.81. The highest BCUT2D eigenvalue weighted by Gasteiger charge is 2.16. The number of carbonyl (C=O) groups is 1. The van der Waals surface area contributed by atoms with Gasteiger partial charge in [-0.05, 0) is 6.42 Å². The molecule has 1 aromatic rings. The van der Waals surface area contributed by atoms with Gasteiger partial charge in [0.2, 0.25) is 0 Å². The molecular weight excluding hydrogens is 246 g/mol. The summed E-state index contributed by atoms with van der Waals surface area (Å²) >= 11 is 0. The largest absolute Gasteiger partial charge is 0.481 e. The highest BCUT2D eigenvalue weighted by atomic mass is 16.4. The molecule has 1 unspecified atom stereocenters. The smallest absolute Gasteiger partial charge is 0.308 e. The molecule has 6 heteroatoms. The number of aromatic amines is 1. The van der Waals surface area contributed by atoms with Gasteiger partial charge in [0.1, 0.15) is 11.6 Å². The van der Waals surface area contributed by atoms with E-state index < -0.39 is 11.9 Å². The Morgan fingerprint density at radius 3 is 2.74 bits per heavy atom. The standard InChI is InChI=1S/C13H21N3O3/c1-4-5-9(13(18)19)7-14-10-6-11(17)16-12(15-10)8(2)3/h6,8-9H,4-5,7H2,1-3H3,(H,18,19)(H2,14,15,16,17). The first-order valence-corrected chi connectivity index (χ1v) is 6.52. The number of anilines is 1. The second-order valence-corrected chi connectivity index (χ2v) is 4.88. The van der Waals surface area contributed by atoms with Gasteiger partial charge in [0.05, 0.1) is 5.92 Å². The molecule has 1 heterocycles. The first-order chi connectivity index (χ1) is 8.93. The highest BCUT2D eigenvalue weighted by Crippen LogP contribution is 2.11. The number of H-pyrrole nitrogens is 1. The molecule has 0 aromatic carbocycles. The van der Waals surface area contributed by atoms with E-state index in [-0.39, 0.29) is 18.0 Å². The molecule has 0 saturated heterocycles. The van der Waals surface area contributed by atoms with E-state index in [0.717, 1.165) is 6.42 Å². The SMILES string of the molecule is CCCC(CNc1cc(=O)[nH]c(C(C)C)n1)C(=O)O. The van der Waals surface area contributed by atoms with E-state index in [9.17, 15) is 9.59 Å². The molecule has 0 saturated carbocycles. The van der Waals surface area contributed by atoms with Crippen LogP contribution in [0.4, 0.5) is 5.82 Å². The van der Waals surface area contributed by atoms with Gasteiger partial charge in [-0.2, -0.15) is 0 Å². The minimum absolute atomic E-state index is 0.111. The van der Waals surface area contributed by atoms with Crippen LogP contribution in [0.2, 0.25) is 0 Å². The Balaban J connectivity index is 2.76. The Morgan fingerprint density at radius 2 is 2.21 bits per heavy atom. The normalized spacial score (nSPS) is 12.4. The van der Waals surface area contributed by atoms with Crippen LogP contribution in [0.25, 0.3) is 0 Å². The summed E-state index contributed by atoms with van der Waals surface area (Å²) in [6, 6.07) is 1.34. The summed E-state index contributed by atoms with van der Waals surface area (Å²) in [7, 11) is 0. The summed E-state index contributed by atoms with van der Waals surface area (Å²) in [5.41, 5.74) is -0.233. The lowest BCUT2D eigenvalue weighted by Crippen LogP contribution is -2.24. The number of aromatic nitrogens is 2. The molecule has 0 radical (unpaired) electrons. The molecule has 1 atom stereocenters. The molecule has 1 aromatic heterocycles. The molecule has 19 heavy (non-hydrogen) atoms. The van der Waals surface area contributed by atoms with Crippen molar-refractivity contribution in [3.8, 4) is 0 Å². The molecule has 6 nitrogen and oxygen atoms in total. The molecule has 3 N–H and O–H groups in total. The first-order valence-electron chi connectivity index (χ1n) is 6.52. The van der Waals surface area contributed by atoms with Crippen LogP contribution in [0.15, 0.2) is 10.9 Å². The fourth-order valence-electron chi connectivity index (χ4n) is 1.73. The number of nitrogens with one attached hydrogen (secondary N) is 2. The fraction of sp³-hybridized carbons (Fsp3) is 0.615. The van der Waals surface area contributed by atoms with E-state index in [1.807, 2.05) is 20.8 Å². The summed E-state index contributed by atoms with van der Waals surface area (Å²) in [4.78, 5) is 29.4. The zero-order valence-electron chi connectivity index (χ0n) is 11.6. The van der Waals surface area contributed by atoms with Gasteiger partial charge in [0.15, 0.2) is 0 Å². The maximum atomic E-state index is 11.5. The van der Waals surface area contributed by atoms with E-state index in [4.69, 9.17) is 5.11 Å². The predicted molar refractivity (Wildman–Crippen MR) is 73.5 cm³/mol. The molecule has 0 fully saturated rings. The third kappa shape index (κ3) is 4.73. The lowest BCUT2D eigenvalue weighted by atomic mass is 10.0. The topological polar surface area (TPSA) is 95.1 Å². The molecule has 0 aliphatic rings. The van der Waals surface area contributed by atoms with Crippen LogP contribution in [0, 0.1) is 5.92 Å². The van der Waals surface area contributed by atoms with Crippen molar-refractivity contribution >= 4 is 11.8 Å². The second-order valence-electron chi connectivity index (χ2n) is 4.88. The summed E-state index contributed by atoms with van der Waals surface area (Å²) in [6.45, 7) is 6.08. The van der Waals surface area contributed by atoms with Gasteiger partial charge in [-0.15, -0.1) is 0 Å². The van der Waals surface area contributed by atoms with Crippen LogP contribution >= 0.6 is 0 Å². The number of carboxylic acids is 1. The Morgan fingerprint density at radius 1 is 1.53 bits per heavy atom. The van der Waals surface area contributed by atoms with Crippen LogP contribution in [-0.2, 0) is 4.79 Å². The van der Waals surface area contributed by atoms with Gasteiger partial charge in [-0.3, -0.25) is 9.59 Å². The van der Waals surface area contributed by atoms with Crippen molar-refractivity contribution in [3.05, 3.63) is 22.2 Å². The Labute approximate surface area is 112 Å². The van der Waals surface area contributed by atoms with E-state index in [1.54, 1.807) is 0 Å². The van der Waals surface area contributed by atoms with E-state index in [0.29, 0.717) is 18.1 Å². The Bertz CT molecular complexity index is 482. The molecule has 106 valence electrons. The average Bonchev–Trinajstić information content (AvgIpc) is 2.33. The van der Waals surface area contributed by atoms with Crippen LogP contribution in [0.5, 0.6) is 0 Å². The van der Waals surface area contributed by atoms with Gasteiger partial charge in [-0.1, -0.05) is 27.2 Å². The zero-order valence-corrected chi connectivity index (χ0v) is 11.6. The molecule has 0 aliphatic heterocycles. The maximum Gasteiger partial charge on any atom is 0.308 e. The second kappa shape index (κ2) is 6.92. The Kier molecular flexibility index (Phi) is 5.54. The van der Waals surface area contributed by atoms with Gasteiger partial charge in [0, 0.05) is 18.5 Å². The van der Waals surface area contributed by atoms with E-state index in [1.165, 1.54) is 6.07 Å². The molecule has 0 amide bonds. The van der Waals surface area contributed by atoms with Crippen molar-refractivity contribution in [1.29, 1.82) is 0 Å². The van der Waals surface area contributed by atoms with Crippen LogP contribution in [-0.4, -0.2) is 27.6 Å². The number of hydrogen-bond donors (Lipinski definition) is 3. The summed E-state index contributed by atoms with van der Waals surface area (Å²) in [5, 5.41) is 12.0. The molecule has 0 aliphatic carbocycles. The molecular formula is C13H21N3O3. The van der Waals surface area contributed by atoms with Gasteiger partial charge < -0.3 is 15.4 Å². The number of rotatable bonds is 7. The fourth-order valence-corrected chi connectivity index (χ4v) is 1.73. The number of nitrogens with zero attached hydrogens (tertiary/aromatic N) is 1. The van der Waals surface area contributed by atoms with Crippen LogP contribution < -0.4 is 10.9 Å². The van der Waals surface area contributed by atoms with Crippen molar-refractivity contribution in [2.75, 3.05) is 11.9 Å². The zero-order chi connectivity index (χ0) is 14.4. The van der Waals surface area contributed by atoms with Crippen molar-refractivity contribution in [1.82, 2.24) is 9.97 Å². The third-order valence-corrected chi connectivity index (χ3v) is 2.82. The van der Waals surface area contributed by atoms with Crippen LogP contribution in [0.1, 0.15) is 45.4 Å². The minimum atomic E-state index is -0.830. The molecule has 1 rings (SSSR count). The first kappa shape index (κ1) is 15.2. The minimum Gasteiger partial charge on any atom is -0.481 e. The average molecular weight is 267 g/mol. The third-order valence-electron chi connectivity index (χ3n) is 2.82. The van der Waals surface area contributed by atoms with Crippen molar-refractivity contribution in [3.63, 3.8) is 0 Å². The van der Waals surface area contributed by atoms with Crippen LogP contribution in [0.3, 0.4) is 0 Å². The number of carboxylic acid groups (broad SMARTS) is 1. The van der Waals surface area contributed by atoms with Crippen molar-refractivity contribution < 1.29 is 9.90 Å². The van der Waals surface area contributed by atoms with Gasteiger partial charge in [0.25, 0.3) is 5.56 Å². The van der Waals surface area contributed by atoms with E-state index in [2.05, 4.69) is 15.3 Å². The summed E-state index contributed by atoms with van der Waals surface area (Å²) < 4.78 is 0. The van der Waals surface area contributed by atoms with Crippen molar-refractivity contribution in [2.45, 2.75) is 39.5 Å². The molecule has 0 bridgehead atoms. The van der Waals surface area contributed by atoms with Gasteiger partial charge in [-0.25, -0.2) is 4.98 Å². The summed E-state index contributed by atoms with van der Waals surface area (Å²) in [5.74, 6) is -0.163. The monoisotopic (exact) mass is 267 g/mol. The number of aliphatic carboxylic acids is 1. The quantitative estimate of drug-likeness (QED) is 0.700. The maximum absolute atomic E-state index is 11.5. The summed E-state index contributed by atoms with van der Waals surface area (Å²) in [6.07, 6.45) is 1.40. The lowest BCUT2D eigenvalue weighted by molar-refractivity contribution is -0.141.